The molecule has 1 atom stereocenters. The quantitative estimate of drug-likeness (QED) is 0.914. The third-order valence-electron chi connectivity index (χ3n) is 3.45. The van der Waals surface area contributed by atoms with E-state index in [9.17, 15) is 9.59 Å². The van der Waals surface area contributed by atoms with Crippen LogP contribution in [-0.4, -0.2) is 29.8 Å². The van der Waals surface area contributed by atoms with Crippen LogP contribution in [0.3, 0.4) is 0 Å². The van der Waals surface area contributed by atoms with Gasteiger partial charge in [0.05, 0.1) is 12.3 Å². The number of benzene rings is 1. The van der Waals surface area contributed by atoms with Crippen LogP contribution in [0.5, 0.6) is 0 Å². The molecule has 1 aromatic carbocycles. The number of halogens is 1. The van der Waals surface area contributed by atoms with Crippen molar-refractivity contribution in [2.24, 2.45) is 11.7 Å². The second-order valence-electron chi connectivity index (χ2n) is 4.88. The van der Waals surface area contributed by atoms with Crippen molar-refractivity contribution < 1.29 is 9.59 Å². The van der Waals surface area contributed by atoms with Crippen molar-refractivity contribution in [3.63, 3.8) is 0 Å². The van der Waals surface area contributed by atoms with Crippen LogP contribution in [0.15, 0.2) is 24.3 Å². The summed E-state index contributed by atoms with van der Waals surface area (Å²) >= 11 is 5.80. The van der Waals surface area contributed by atoms with Gasteiger partial charge in [-0.25, -0.2) is 0 Å². The summed E-state index contributed by atoms with van der Waals surface area (Å²) in [5.74, 6) is -0.486. The molecule has 1 aliphatic heterocycles. The molecule has 0 spiro atoms. The smallest absolute Gasteiger partial charge is 0.227 e. The first-order valence-corrected chi connectivity index (χ1v) is 6.75. The van der Waals surface area contributed by atoms with Crippen LogP contribution < -0.4 is 5.73 Å². The Bertz CT molecular complexity index is 473. The molecule has 1 aromatic rings. The van der Waals surface area contributed by atoms with Gasteiger partial charge in [-0.1, -0.05) is 23.7 Å². The standard InChI is InChI=1S/C14H17ClN2O2/c15-12-5-3-10(4-6-12)8-13(18)17-7-1-2-11(9-17)14(16)19/h3-6,11H,1-2,7-9H2,(H2,16,19). The van der Waals surface area contributed by atoms with Crippen LogP contribution in [0, 0.1) is 5.92 Å². The van der Waals surface area contributed by atoms with E-state index in [1.807, 2.05) is 12.1 Å². The lowest BCUT2D eigenvalue weighted by molar-refractivity contribution is -0.134. The maximum Gasteiger partial charge on any atom is 0.227 e. The molecule has 5 heteroatoms. The zero-order valence-corrected chi connectivity index (χ0v) is 11.4. The van der Waals surface area contributed by atoms with Crippen LogP contribution >= 0.6 is 11.6 Å². The van der Waals surface area contributed by atoms with Crippen molar-refractivity contribution in [2.45, 2.75) is 19.3 Å². The molecule has 19 heavy (non-hydrogen) atoms. The Morgan fingerprint density at radius 2 is 2.00 bits per heavy atom. The highest BCUT2D eigenvalue weighted by Crippen LogP contribution is 2.17. The second-order valence-corrected chi connectivity index (χ2v) is 5.32. The average Bonchev–Trinajstić information content (AvgIpc) is 2.41. The number of nitrogens with zero attached hydrogens (tertiary/aromatic N) is 1. The number of rotatable bonds is 3. The van der Waals surface area contributed by atoms with E-state index in [1.54, 1.807) is 17.0 Å². The fourth-order valence-electron chi connectivity index (χ4n) is 2.32. The molecule has 0 aromatic heterocycles. The first-order chi connectivity index (χ1) is 9.06. The van der Waals surface area contributed by atoms with E-state index < -0.39 is 0 Å². The molecule has 2 rings (SSSR count). The molecular formula is C14H17ClN2O2. The third-order valence-corrected chi connectivity index (χ3v) is 3.70. The van der Waals surface area contributed by atoms with Gasteiger partial charge in [0.25, 0.3) is 0 Å². The van der Waals surface area contributed by atoms with E-state index in [2.05, 4.69) is 0 Å². The van der Waals surface area contributed by atoms with Crippen LogP contribution in [0.4, 0.5) is 0 Å². The lowest BCUT2D eigenvalue weighted by Gasteiger charge is -2.31. The van der Waals surface area contributed by atoms with Crippen molar-refractivity contribution in [1.82, 2.24) is 4.90 Å². The summed E-state index contributed by atoms with van der Waals surface area (Å²) in [7, 11) is 0. The van der Waals surface area contributed by atoms with Gasteiger partial charge in [0.1, 0.15) is 0 Å². The molecule has 0 aliphatic carbocycles. The predicted molar refractivity (Wildman–Crippen MR) is 73.7 cm³/mol. The van der Waals surface area contributed by atoms with E-state index in [1.165, 1.54) is 0 Å². The highest BCUT2D eigenvalue weighted by molar-refractivity contribution is 6.30. The molecule has 0 bridgehead atoms. The molecule has 1 fully saturated rings. The first-order valence-electron chi connectivity index (χ1n) is 6.38. The largest absolute Gasteiger partial charge is 0.369 e. The molecule has 0 saturated carbocycles. The normalized spacial score (nSPS) is 19.2. The summed E-state index contributed by atoms with van der Waals surface area (Å²) in [6, 6.07) is 7.23. The molecule has 2 N–H and O–H groups in total. The average molecular weight is 281 g/mol. The SMILES string of the molecule is NC(=O)C1CCCN(C(=O)Cc2ccc(Cl)cc2)C1. The Hall–Kier alpha value is -1.55. The van der Waals surface area contributed by atoms with Crippen molar-refractivity contribution in [2.75, 3.05) is 13.1 Å². The molecule has 4 nitrogen and oxygen atoms in total. The van der Waals surface area contributed by atoms with Crippen LogP contribution in [0.1, 0.15) is 18.4 Å². The fraction of sp³-hybridized carbons (Fsp3) is 0.429. The van der Waals surface area contributed by atoms with E-state index >= 15 is 0 Å². The number of likely N-dealkylation sites (tertiary alicyclic amines) is 1. The van der Waals surface area contributed by atoms with Gasteiger partial charge in [0, 0.05) is 18.1 Å². The molecule has 2 amide bonds. The number of piperidine rings is 1. The number of hydrogen-bond donors (Lipinski definition) is 1. The third kappa shape index (κ3) is 3.70. The Labute approximate surface area is 117 Å². The van der Waals surface area contributed by atoms with Crippen molar-refractivity contribution in [3.05, 3.63) is 34.9 Å². The Morgan fingerprint density at radius 1 is 1.32 bits per heavy atom. The van der Waals surface area contributed by atoms with Crippen molar-refractivity contribution in [1.29, 1.82) is 0 Å². The van der Waals surface area contributed by atoms with Gasteiger partial charge in [-0.2, -0.15) is 0 Å². The summed E-state index contributed by atoms with van der Waals surface area (Å²) in [5.41, 5.74) is 6.23. The van der Waals surface area contributed by atoms with E-state index in [0.717, 1.165) is 18.4 Å². The number of primary amides is 1. The molecule has 102 valence electrons. The summed E-state index contributed by atoms with van der Waals surface area (Å²) in [5, 5.41) is 0.656. The number of nitrogens with two attached hydrogens (primary N) is 1. The maximum atomic E-state index is 12.2. The van der Waals surface area contributed by atoms with Crippen LogP contribution in [0.2, 0.25) is 5.02 Å². The van der Waals surface area contributed by atoms with Gasteiger partial charge >= 0.3 is 0 Å². The number of amides is 2. The summed E-state index contributed by atoms with van der Waals surface area (Å²) in [6.45, 7) is 1.15. The first kappa shape index (κ1) is 13.9. The van der Waals surface area contributed by atoms with Gasteiger partial charge in [-0.15, -0.1) is 0 Å². The Morgan fingerprint density at radius 3 is 2.63 bits per heavy atom. The van der Waals surface area contributed by atoms with E-state index in [4.69, 9.17) is 17.3 Å². The highest BCUT2D eigenvalue weighted by atomic mass is 35.5. The Balaban J connectivity index is 1.96. The van der Waals surface area contributed by atoms with E-state index in [-0.39, 0.29) is 17.7 Å². The maximum absolute atomic E-state index is 12.2. The summed E-state index contributed by atoms with van der Waals surface area (Å²) in [4.78, 5) is 25.1. The minimum atomic E-state index is -0.316. The zero-order valence-electron chi connectivity index (χ0n) is 10.6. The molecule has 0 radical (unpaired) electrons. The minimum absolute atomic E-state index is 0.0354. The van der Waals surface area contributed by atoms with Gasteiger partial charge in [-0.05, 0) is 30.5 Å². The topological polar surface area (TPSA) is 63.4 Å². The lowest BCUT2D eigenvalue weighted by atomic mass is 9.97. The molecular weight excluding hydrogens is 264 g/mol. The zero-order chi connectivity index (χ0) is 13.8. The van der Waals surface area contributed by atoms with E-state index in [0.29, 0.717) is 24.5 Å². The van der Waals surface area contributed by atoms with Gasteiger partial charge in [0.15, 0.2) is 0 Å². The number of hydrogen-bond acceptors (Lipinski definition) is 2. The van der Waals surface area contributed by atoms with Gasteiger partial charge < -0.3 is 10.6 Å². The monoisotopic (exact) mass is 280 g/mol. The number of carbonyl (C=O) groups is 2. The molecule has 1 heterocycles. The number of carbonyl (C=O) groups excluding carboxylic acids is 2. The van der Waals surface area contributed by atoms with Crippen LogP contribution in [-0.2, 0) is 16.0 Å². The summed E-state index contributed by atoms with van der Waals surface area (Å²) < 4.78 is 0. The predicted octanol–water partition coefficient (Wildman–Crippen LogP) is 1.61. The highest BCUT2D eigenvalue weighted by Gasteiger charge is 2.26. The van der Waals surface area contributed by atoms with Gasteiger partial charge in [-0.3, -0.25) is 9.59 Å². The fourth-order valence-corrected chi connectivity index (χ4v) is 2.45. The summed E-state index contributed by atoms with van der Waals surface area (Å²) in [6.07, 6.45) is 1.95. The van der Waals surface area contributed by atoms with Crippen LogP contribution in [0.25, 0.3) is 0 Å². The minimum Gasteiger partial charge on any atom is -0.369 e. The lowest BCUT2D eigenvalue weighted by Crippen LogP contribution is -2.44. The molecule has 1 unspecified atom stereocenters. The van der Waals surface area contributed by atoms with Crippen molar-refractivity contribution >= 4 is 23.4 Å². The molecule has 1 aliphatic rings. The Kier molecular flexibility index (Phi) is 4.43. The second kappa shape index (κ2) is 6.06. The van der Waals surface area contributed by atoms with Crippen molar-refractivity contribution in [3.8, 4) is 0 Å². The molecule has 1 saturated heterocycles. The van der Waals surface area contributed by atoms with Gasteiger partial charge in [0.2, 0.25) is 11.8 Å².